The molecule has 1 aromatic carbocycles. The normalized spacial score (nSPS) is 20.0. The number of imidazole rings is 1. The maximum atomic E-state index is 5.94. The minimum absolute atomic E-state index is 0.324. The van der Waals surface area contributed by atoms with Crippen LogP contribution in [-0.4, -0.2) is 42.7 Å². The molecule has 7 heteroatoms. The molecule has 3 aromatic rings. The average molecular weight is 353 g/mol. The smallest absolute Gasteiger partial charge is 0.147 e. The van der Waals surface area contributed by atoms with Gasteiger partial charge in [-0.3, -0.25) is 4.90 Å². The van der Waals surface area contributed by atoms with Crippen LogP contribution in [0.25, 0.3) is 11.0 Å². The van der Waals surface area contributed by atoms with Crippen LogP contribution in [-0.2, 0) is 19.6 Å². The molecule has 7 nitrogen and oxygen atoms in total. The minimum Gasteiger partial charge on any atom is -0.341 e. The van der Waals surface area contributed by atoms with Crippen molar-refractivity contribution in [3.63, 3.8) is 0 Å². The Morgan fingerprint density at radius 3 is 2.77 bits per heavy atom. The van der Waals surface area contributed by atoms with Crippen molar-refractivity contribution in [2.45, 2.75) is 58.3 Å². The fourth-order valence-corrected chi connectivity index (χ4v) is 3.84. The number of hydrogen-bond donors (Lipinski definition) is 2. The second-order valence-corrected chi connectivity index (χ2v) is 7.47. The number of aromatic amines is 1. The van der Waals surface area contributed by atoms with E-state index in [4.69, 9.17) is 10.7 Å². The molecule has 138 valence electrons. The lowest BCUT2D eigenvalue weighted by molar-refractivity contribution is 0.294. The molecule has 0 aliphatic heterocycles. The summed E-state index contributed by atoms with van der Waals surface area (Å²) in [6.45, 7) is 6.62. The molecule has 3 N–H and O–H groups in total. The first-order valence-electron chi connectivity index (χ1n) is 9.35. The Morgan fingerprint density at radius 2 is 2.08 bits per heavy atom. The highest BCUT2D eigenvalue weighted by Gasteiger charge is 2.32. The van der Waals surface area contributed by atoms with E-state index in [1.165, 1.54) is 5.56 Å². The molecule has 0 amide bonds. The third-order valence-electron chi connectivity index (χ3n) is 5.31. The van der Waals surface area contributed by atoms with Crippen molar-refractivity contribution in [1.82, 2.24) is 29.6 Å². The second-order valence-electron chi connectivity index (χ2n) is 7.47. The van der Waals surface area contributed by atoms with E-state index < -0.39 is 0 Å². The van der Waals surface area contributed by atoms with Crippen LogP contribution in [0.4, 0.5) is 0 Å². The Morgan fingerprint density at radius 1 is 1.27 bits per heavy atom. The number of fused-ring (bicyclic) bond motifs is 1. The topological polar surface area (TPSA) is 88.7 Å². The number of nitrogens with two attached hydrogens (primary N) is 1. The summed E-state index contributed by atoms with van der Waals surface area (Å²) in [6.07, 6.45) is 2.04. The predicted molar refractivity (Wildman–Crippen MR) is 102 cm³/mol. The van der Waals surface area contributed by atoms with E-state index in [0.717, 1.165) is 61.0 Å². The molecule has 2 aromatic heterocycles. The fourth-order valence-electron chi connectivity index (χ4n) is 3.84. The summed E-state index contributed by atoms with van der Waals surface area (Å²) in [5.74, 6) is 3.55. The van der Waals surface area contributed by atoms with E-state index >= 15 is 0 Å². The Bertz CT molecular complexity index is 904. The van der Waals surface area contributed by atoms with Gasteiger partial charge >= 0.3 is 0 Å². The first-order valence-corrected chi connectivity index (χ1v) is 9.35. The second kappa shape index (κ2) is 6.81. The van der Waals surface area contributed by atoms with E-state index in [0.29, 0.717) is 12.0 Å². The van der Waals surface area contributed by atoms with Crippen molar-refractivity contribution in [3.05, 3.63) is 41.2 Å². The lowest BCUT2D eigenvalue weighted by Crippen LogP contribution is -2.36. The largest absolute Gasteiger partial charge is 0.341 e. The maximum Gasteiger partial charge on any atom is 0.147 e. The number of aromatic nitrogens is 5. The summed E-state index contributed by atoms with van der Waals surface area (Å²) in [5, 5.41) is 8.91. The molecule has 2 heterocycles. The number of benzene rings is 1. The van der Waals surface area contributed by atoms with Crippen LogP contribution < -0.4 is 5.73 Å². The molecule has 1 saturated carbocycles. The number of hydrogen-bond acceptors (Lipinski definition) is 5. The lowest BCUT2D eigenvalue weighted by Gasteiger charge is -2.31. The quantitative estimate of drug-likeness (QED) is 0.710. The Kier molecular flexibility index (Phi) is 4.50. The first-order chi connectivity index (χ1) is 12.5. The number of nitrogens with zero attached hydrogens (tertiary/aromatic N) is 5. The number of rotatable bonds is 6. The van der Waals surface area contributed by atoms with Crippen LogP contribution in [0.15, 0.2) is 18.2 Å². The highest BCUT2D eigenvalue weighted by Crippen LogP contribution is 2.34. The molecule has 0 bridgehead atoms. The minimum atomic E-state index is 0.324. The number of para-hydroxylation sites is 1. The summed E-state index contributed by atoms with van der Waals surface area (Å²) in [5.41, 5.74) is 9.28. The molecule has 0 spiro atoms. The van der Waals surface area contributed by atoms with E-state index in [2.05, 4.69) is 63.7 Å². The van der Waals surface area contributed by atoms with Gasteiger partial charge in [0.25, 0.3) is 0 Å². The number of nitrogens with one attached hydrogen (secondary N) is 1. The summed E-state index contributed by atoms with van der Waals surface area (Å²) in [4.78, 5) is 10.4. The van der Waals surface area contributed by atoms with Crippen molar-refractivity contribution < 1.29 is 0 Å². The maximum absolute atomic E-state index is 5.94. The first kappa shape index (κ1) is 17.2. The van der Waals surface area contributed by atoms with Gasteiger partial charge in [0.15, 0.2) is 0 Å². The fraction of sp³-hybridized carbons (Fsp3) is 0.526. The van der Waals surface area contributed by atoms with E-state index in [-0.39, 0.29) is 0 Å². The van der Waals surface area contributed by atoms with Crippen LogP contribution in [0.3, 0.4) is 0 Å². The molecular weight excluding hydrogens is 326 g/mol. The monoisotopic (exact) mass is 353 g/mol. The van der Waals surface area contributed by atoms with Crippen molar-refractivity contribution in [3.8, 4) is 0 Å². The third kappa shape index (κ3) is 3.12. The van der Waals surface area contributed by atoms with Gasteiger partial charge in [-0.1, -0.05) is 12.1 Å². The summed E-state index contributed by atoms with van der Waals surface area (Å²) < 4.78 is 2.25. The molecule has 1 aliphatic carbocycles. The molecule has 4 rings (SSSR count). The van der Waals surface area contributed by atoms with Gasteiger partial charge in [-0.05, 0) is 45.4 Å². The zero-order valence-corrected chi connectivity index (χ0v) is 15.7. The molecular formula is C19H27N7. The Labute approximate surface area is 153 Å². The Hall–Kier alpha value is -2.25. The zero-order chi connectivity index (χ0) is 18.3. The van der Waals surface area contributed by atoms with Crippen LogP contribution in [0.2, 0.25) is 0 Å². The van der Waals surface area contributed by atoms with Crippen molar-refractivity contribution >= 4 is 11.0 Å². The van der Waals surface area contributed by atoms with Crippen molar-refractivity contribution in [1.29, 1.82) is 0 Å². The van der Waals surface area contributed by atoms with E-state index in [1.807, 2.05) is 0 Å². The molecule has 0 unspecified atom stereocenters. The summed E-state index contributed by atoms with van der Waals surface area (Å²) >= 11 is 0. The van der Waals surface area contributed by atoms with Gasteiger partial charge < -0.3 is 15.3 Å². The van der Waals surface area contributed by atoms with Gasteiger partial charge in [0, 0.05) is 18.5 Å². The summed E-state index contributed by atoms with van der Waals surface area (Å²) in [7, 11) is 2.09. The number of H-pyrrole nitrogens is 1. The average Bonchev–Trinajstić information content (AvgIpc) is 3.16. The van der Waals surface area contributed by atoms with Gasteiger partial charge in [0.1, 0.15) is 17.5 Å². The Balaban J connectivity index is 1.47. The van der Waals surface area contributed by atoms with Crippen LogP contribution >= 0.6 is 0 Å². The predicted octanol–water partition coefficient (Wildman–Crippen LogP) is 2.32. The molecule has 26 heavy (non-hydrogen) atoms. The van der Waals surface area contributed by atoms with E-state index in [1.54, 1.807) is 0 Å². The number of aryl methyl sites for hydroxylation is 1. The van der Waals surface area contributed by atoms with Gasteiger partial charge in [-0.15, -0.1) is 10.2 Å². The van der Waals surface area contributed by atoms with Gasteiger partial charge in [-0.2, -0.15) is 0 Å². The zero-order valence-electron chi connectivity index (χ0n) is 15.7. The molecule has 0 radical (unpaired) electrons. The van der Waals surface area contributed by atoms with Gasteiger partial charge in [0.05, 0.1) is 24.1 Å². The van der Waals surface area contributed by atoms with Crippen molar-refractivity contribution in [2.24, 2.45) is 5.73 Å². The van der Waals surface area contributed by atoms with Crippen molar-refractivity contribution in [2.75, 3.05) is 7.05 Å². The van der Waals surface area contributed by atoms with Crippen LogP contribution in [0.5, 0.6) is 0 Å². The SMILES string of the molecule is CCn1c(CN(C)Cc2nc3c(C)cccc3[nH]2)nnc1C1CC(N)C1. The van der Waals surface area contributed by atoms with Crippen LogP contribution in [0.1, 0.15) is 48.7 Å². The molecule has 0 saturated heterocycles. The molecule has 1 fully saturated rings. The van der Waals surface area contributed by atoms with E-state index in [9.17, 15) is 0 Å². The summed E-state index contributed by atoms with van der Waals surface area (Å²) in [6, 6.07) is 6.54. The highest BCUT2D eigenvalue weighted by molar-refractivity contribution is 5.78. The lowest BCUT2D eigenvalue weighted by atomic mass is 9.80. The van der Waals surface area contributed by atoms with Crippen LogP contribution in [0, 0.1) is 6.92 Å². The van der Waals surface area contributed by atoms with Gasteiger partial charge in [-0.25, -0.2) is 4.98 Å². The standard InChI is InChI=1S/C19H27N7/c1-4-26-17(23-24-19(26)13-8-14(20)9-13)11-25(3)10-16-21-15-7-5-6-12(2)18(15)22-16/h5-7,13-14H,4,8-11,20H2,1-3H3,(H,21,22). The highest BCUT2D eigenvalue weighted by atomic mass is 15.3. The third-order valence-corrected chi connectivity index (χ3v) is 5.31. The molecule has 0 atom stereocenters. The molecule has 1 aliphatic rings. The van der Waals surface area contributed by atoms with Gasteiger partial charge in [0.2, 0.25) is 0 Å².